The Kier molecular flexibility index (Phi) is 8.91. The van der Waals surface area contributed by atoms with Crippen molar-refractivity contribution in [1.29, 1.82) is 0 Å². The molecular weight excluding hydrogens is 471 g/mol. The fourth-order valence-corrected chi connectivity index (χ4v) is 4.70. The summed E-state index contributed by atoms with van der Waals surface area (Å²) in [5.74, 6) is 0.413. The van der Waals surface area contributed by atoms with E-state index in [4.69, 9.17) is 27.9 Å². The fraction of sp³-hybridized carbons (Fsp3) is 0.519. The van der Waals surface area contributed by atoms with E-state index in [2.05, 4.69) is 24.1 Å². The smallest absolute Gasteiger partial charge is 0.227 e. The predicted octanol–water partition coefficient (Wildman–Crippen LogP) is 6.06. The number of amides is 1. The number of hydrogen-bond donors (Lipinski definition) is 2. The molecule has 1 saturated heterocycles. The third-order valence-electron chi connectivity index (χ3n) is 6.73. The molecule has 1 atom stereocenters. The molecule has 34 heavy (non-hydrogen) atoms. The lowest BCUT2D eigenvalue weighted by molar-refractivity contribution is -0.119. The van der Waals surface area contributed by atoms with Gasteiger partial charge in [-0.3, -0.25) is 4.79 Å². The summed E-state index contributed by atoms with van der Waals surface area (Å²) in [5, 5.41) is 15.6. The average molecular weight is 508 g/mol. The first-order chi connectivity index (χ1) is 16.0. The van der Waals surface area contributed by atoms with Crippen LogP contribution in [0, 0.1) is 11.3 Å². The lowest BCUT2D eigenvalue weighted by Crippen LogP contribution is -2.58. The Balaban J connectivity index is 1.51. The van der Waals surface area contributed by atoms with Crippen molar-refractivity contribution in [3.63, 3.8) is 0 Å². The van der Waals surface area contributed by atoms with Crippen LogP contribution < -0.4 is 10.1 Å². The van der Waals surface area contributed by atoms with Crippen molar-refractivity contribution < 1.29 is 14.6 Å². The summed E-state index contributed by atoms with van der Waals surface area (Å²) in [6.45, 7) is 11.0. The molecule has 186 valence electrons. The van der Waals surface area contributed by atoms with Crippen LogP contribution >= 0.6 is 23.2 Å². The summed E-state index contributed by atoms with van der Waals surface area (Å²) in [7, 11) is 0. The molecule has 2 aromatic rings. The van der Waals surface area contributed by atoms with Crippen LogP contribution in [0.1, 0.15) is 46.1 Å². The van der Waals surface area contributed by atoms with Crippen LogP contribution in [0.5, 0.6) is 5.75 Å². The summed E-state index contributed by atoms with van der Waals surface area (Å²) in [4.78, 5) is 14.5. The average Bonchev–Trinajstić information content (AvgIpc) is 2.76. The fourth-order valence-electron chi connectivity index (χ4n) is 4.40. The molecule has 1 aliphatic rings. The molecule has 1 aliphatic heterocycles. The van der Waals surface area contributed by atoms with E-state index in [1.165, 1.54) is 0 Å². The number of ether oxygens (including phenoxy) is 1. The molecule has 0 saturated carbocycles. The Morgan fingerprint density at radius 2 is 1.82 bits per heavy atom. The number of likely N-dealkylation sites (tertiary alicyclic amines) is 1. The number of nitrogens with one attached hydrogen (secondary N) is 1. The monoisotopic (exact) mass is 506 g/mol. The predicted molar refractivity (Wildman–Crippen MR) is 140 cm³/mol. The maximum Gasteiger partial charge on any atom is 0.227 e. The van der Waals surface area contributed by atoms with Gasteiger partial charge in [0.2, 0.25) is 5.91 Å². The van der Waals surface area contributed by atoms with Crippen molar-refractivity contribution in [2.24, 2.45) is 11.3 Å². The van der Waals surface area contributed by atoms with E-state index in [1.807, 2.05) is 38.1 Å². The Morgan fingerprint density at radius 3 is 2.47 bits per heavy atom. The van der Waals surface area contributed by atoms with Crippen LogP contribution in [0.2, 0.25) is 10.0 Å². The van der Waals surface area contributed by atoms with Crippen LogP contribution in [0.3, 0.4) is 0 Å². The minimum absolute atomic E-state index is 0.0752. The highest BCUT2D eigenvalue weighted by molar-refractivity contribution is 6.31. The minimum atomic E-state index is -0.763. The van der Waals surface area contributed by atoms with E-state index in [0.29, 0.717) is 40.9 Å². The zero-order chi connectivity index (χ0) is 24.9. The lowest BCUT2D eigenvalue weighted by Gasteiger charge is -2.50. The molecule has 0 bridgehead atoms. The molecule has 1 amide bonds. The summed E-state index contributed by atoms with van der Waals surface area (Å²) in [6, 6.07) is 13.0. The van der Waals surface area contributed by atoms with Gasteiger partial charge in [0.15, 0.2) is 0 Å². The van der Waals surface area contributed by atoms with Gasteiger partial charge < -0.3 is 20.1 Å². The van der Waals surface area contributed by atoms with E-state index in [0.717, 1.165) is 31.6 Å². The van der Waals surface area contributed by atoms with E-state index < -0.39 is 5.60 Å². The molecule has 3 rings (SSSR count). The molecule has 0 aliphatic carbocycles. The van der Waals surface area contributed by atoms with Gasteiger partial charge in [0.05, 0.1) is 17.9 Å². The number of rotatable bonds is 9. The molecule has 1 heterocycles. The van der Waals surface area contributed by atoms with E-state index >= 15 is 0 Å². The number of carbonyl (C=O) groups is 1. The first kappa shape index (κ1) is 26.8. The molecule has 1 fully saturated rings. The summed E-state index contributed by atoms with van der Waals surface area (Å²) in [5.41, 5.74) is 0.680. The molecule has 1 unspecified atom stereocenters. The standard InChI is InChI=1S/C27H36Cl2N2O3/c1-19(2)25(32)30-23-16-22(29)10-11-24(23)34-15-5-13-31-14-12-27(33,26(3,4)18-31)17-20-6-8-21(28)9-7-20/h6-11,16,19,33H,5,12-15,17-18H2,1-4H3,(H,30,32). The van der Waals surface area contributed by atoms with Crippen molar-refractivity contribution in [2.75, 3.05) is 31.6 Å². The second-order valence-corrected chi connectivity index (χ2v) is 11.1. The lowest BCUT2D eigenvalue weighted by atomic mass is 9.67. The van der Waals surface area contributed by atoms with Gasteiger partial charge in [-0.25, -0.2) is 0 Å². The second-order valence-electron chi connectivity index (χ2n) is 10.2. The normalized spacial score (nSPS) is 20.4. The van der Waals surface area contributed by atoms with Crippen molar-refractivity contribution in [1.82, 2.24) is 4.90 Å². The van der Waals surface area contributed by atoms with Gasteiger partial charge in [-0.2, -0.15) is 0 Å². The Bertz CT molecular complexity index is 978. The zero-order valence-electron chi connectivity index (χ0n) is 20.5. The zero-order valence-corrected chi connectivity index (χ0v) is 22.0. The molecule has 5 nitrogen and oxygen atoms in total. The number of nitrogens with zero attached hydrogens (tertiary/aromatic N) is 1. The number of piperidine rings is 1. The van der Waals surface area contributed by atoms with Gasteiger partial charge in [0.1, 0.15) is 5.75 Å². The van der Waals surface area contributed by atoms with Gasteiger partial charge in [-0.1, -0.05) is 63.0 Å². The SMILES string of the molecule is CC(C)C(=O)Nc1cc(Cl)ccc1OCCCN1CCC(O)(Cc2ccc(Cl)cc2)C(C)(C)C1. The Labute approximate surface area is 213 Å². The molecule has 2 N–H and O–H groups in total. The Morgan fingerprint density at radius 1 is 1.15 bits per heavy atom. The molecule has 0 aromatic heterocycles. The first-order valence-electron chi connectivity index (χ1n) is 11.9. The Hall–Kier alpha value is -1.79. The van der Waals surface area contributed by atoms with Gasteiger partial charge in [0.25, 0.3) is 0 Å². The van der Waals surface area contributed by atoms with Gasteiger partial charge in [-0.05, 0) is 48.7 Å². The quantitative estimate of drug-likeness (QED) is 0.405. The second kappa shape index (κ2) is 11.3. The van der Waals surface area contributed by atoms with Crippen LogP contribution in [0.15, 0.2) is 42.5 Å². The molecule has 2 aromatic carbocycles. The van der Waals surface area contributed by atoms with Crippen molar-refractivity contribution >= 4 is 34.8 Å². The maximum absolute atomic E-state index is 12.1. The molecule has 0 radical (unpaired) electrons. The van der Waals surface area contributed by atoms with Crippen LogP contribution in [0.4, 0.5) is 5.69 Å². The minimum Gasteiger partial charge on any atom is -0.491 e. The number of anilines is 1. The van der Waals surface area contributed by atoms with Crippen LogP contribution in [0.25, 0.3) is 0 Å². The van der Waals surface area contributed by atoms with Crippen LogP contribution in [-0.2, 0) is 11.2 Å². The van der Waals surface area contributed by atoms with E-state index in [-0.39, 0.29) is 17.2 Å². The van der Waals surface area contributed by atoms with E-state index in [9.17, 15) is 9.90 Å². The highest BCUT2D eigenvalue weighted by Gasteiger charge is 2.47. The number of hydrogen-bond acceptors (Lipinski definition) is 4. The van der Waals surface area contributed by atoms with Crippen molar-refractivity contribution in [2.45, 2.75) is 52.6 Å². The summed E-state index contributed by atoms with van der Waals surface area (Å²) < 4.78 is 5.99. The van der Waals surface area contributed by atoms with Crippen molar-refractivity contribution in [3.8, 4) is 5.75 Å². The molecule has 0 spiro atoms. The number of carbonyl (C=O) groups excluding carboxylic acids is 1. The number of benzene rings is 2. The van der Waals surface area contributed by atoms with Crippen molar-refractivity contribution in [3.05, 3.63) is 58.1 Å². The molecular formula is C27H36Cl2N2O3. The largest absolute Gasteiger partial charge is 0.491 e. The van der Waals surface area contributed by atoms with Gasteiger partial charge in [0, 0.05) is 47.4 Å². The number of halogens is 2. The first-order valence-corrected chi connectivity index (χ1v) is 12.7. The third kappa shape index (κ3) is 6.88. The maximum atomic E-state index is 12.1. The third-order valence-corrected chi connectivity index (χ3v) is 7.22. The van der Waals surface area contributed by atoms with E-state index in [1.54, 1.807) is 18.2 Å². The topological polar surface area (TPSA) is 61.8 Å². The molecule has 7 heteroatoms. The highest BCUT2D eigenvalue weighted by Crippen LogP contribution is 2.41. The van der Waals surface area contributed by atoms with Crippen LogP contribution in [-0.4, -0.2) is 47.8 Å². The van der Waals surface area contributed by atoms with Gasteiger partial charge >= 0.3 is 0 Å². The summed E-state index contributed by atoms with van der Waals surface area (Å²) in [6.07, 6.45) is 2.17. The highest BCUT2D eigenvalue weighted by atomic mass is 35.5. The number of aliphatic hydroxyl groups is 1. The van der Waals surface area contributed by atoms with Gasteiger partial charge in [-0.15, -0.1) is 0 Å². The summed E-state index contributed by atoms with van der Waals surface area (Å²) >= 11 is 12.1.